The Bertz CT molecular complexity index is 4670. The molecule has 0 aliphatic carbocycles. The Hall–Kier alpha value is -9.56. The van der Waals surface area contributed by atoms with Crippen molar-refractivity contribution in [3.63, 3.8) is 0 Å². The molecule has 0 heterocycles. The quantitative estimate of drug-likeness (QED) is 0.0176. The topological polar surface area (TPSA) is 9.72 Å². The van der Waals surface area contributed by atoms with Crippen molar-refractivity contribution in [1.29, 1.82) is 0 Å². The Morgan fingerprint density at radius 2 is 0.310 bits per heavy atom. The summed E-state index contributed by atoms with van der Waals surface area (Å²) < 4.78 is 47.4. The zero-order valence-corrected chi connectivity index (χ0v) is 78.5. The monoisotopic (exact) mass is 1910 g/mol. The Morgan fingerprint density at radius 1 is 0.198 bits per heavy atom. The van der Waals surface area contributed by atoms with Crippen LogP contribution in [-0.4, -0.2) is 40.2 Å². The van der Waals surface area contributed by atoms with Crippen LogP contribution in [0.15, 0.2) is 473 Å². The fourth-order valence-electron chi connectivity index (χ4n) is 13.5. The van der Waals surface area contributed by atoms with Crippen LogP contribution in [0.25, 0.3) is 22.3 Å². The number of rotatable bonds is 26. The summed E-state index contributed by atoms with van der Waals surface area (Å²) in [5.74, 6) is 4.71. The number of halogens is 4. The molecule has 0 radical (unpaired) electrons. The molecular formula is C109H99BCu3F4N3P6. The number of hydrogen-bond donors (Lipinski definition) is 0. The molecule has 17 heteroatoms. The van der Waals surface area contributed by atoms with E-state index >= 15 is 0 Å². The molecule has 0 aliphatic rings. The van der Waals surface area contributed by atoms with Gasteiger partial charge in [0.2, 0.25) is 0 Å². The summed E-state index contributed by atoms with van der Waals surface area (Å²) >= 11 is 0. The van der Waals surface area contributed by atoms with Crippen LogP contribution in [0.5, 0.6) is 0 Å². The van der Waals surface area contributed by atoms with E-state index in [0.717, 1.165) is 50.0 Å². The van der Waals surface area contributed by atoms with Crippen molar-refractivity contribution in [3.05, 3.63) is 497 Å². The largest absolute Gasteiger partial charge is 1.00 e. The van der Waals surface area contributed by atoms with Gasteiger partial charge in [0.05, 0.1) is 0 Å². The molecule has 3 nitrogen and oxygen atoms in total. The standard InChI is InChI=1S/3C27H27NP2.2C14H9.BF4.3Cu/c3*1-2-23-28(29(24-15-7-3-8-16-24)25-17-9-4-10-18-25)30(26-19-11-5-12-20-26)27-21-13-6-14-22-27;2*1-2-12-8-10-14(11-9-12)13-6-4-3-5-7-13;2-1(3,4)5;;;/h3*3-22H,2,23H2,1H3;2*3-11H;;;;/q;;;3*-1;3*+1. The van der Waals surface area contributed by atoms with E-state index in [-0.39, 0.29) is 51.2 Å². The van der Waals surface area contributed by atoms with Crippen LogP contribution >= 0.6 is 48.4 Å². The fraction of sp³-hybridized carbons (Fsp3) is 0.0826. The summed E-state index contributed by atoms with van der Waals surface area (Å²) in [6, 6.07) is 169. The molecule has 644 valence electrons. The first kappa shape index (κ1) is 102. The fourth-order valence-corrected chi connectivity index (χ4v) is 32.3. The first-order chi connectivity index (χ1) is 60.4. The predicted octanol–water partition coefficient (Wildman–Crippen LogP) is 25.3. The third-order valence-corrected chi connectivity index (χ3v) is 35.6. The Balaban J connectivity index is 0.000000197. The van der Waals surface area contributed by atoms with Gasteiger partial charge in [0.25, 0.3) is 0 Å². The number of hydrogen-bond acceptors (Lipinski definition) is 3. The minimum Gasteiger partial charge on any atom is -0.418 e. The summed E-state index contributed by atoms with van der Waals surface area (Å²) in [6.07, 6.45) is 17.3. The van der Waals surface area contributed by atoms with Gasteiger partial charge in [0.15, 0.2) is 0 Å². The average Bonchev–Trinajstić information content (AvgIpc) is 0.792. The van der Waals surface area contributed by atoms with Gasteiger partial charge in [0, 0.05) is 68.1 Å². The van der Waals surface area contributed by atoms with Gasteiger partial charge >= 0.3 is 58.5 Å². The second kappa shape index (κ2) is 56.6. The molecule has 0 atom stereocenters. The average molecular weight is 1910 g/mol. The third kappa shape index (κ3) is 31.7. The maximum Gasteiger partial charge on any atom is 1.00 e. The van der Waals surface area contributed by atoms with E-state index in [0.29, 0.717) is 0 Å². The molecule has 0 saturated heterocycles. The van der Waals surface area contributed by atoms with Gasteiger partial charge < -0.3 is 30.1 Å². The molecular weight excluding hydrogens is 1810 g/mol. The SMILES string of the molecule is CCCN(P(c1ccccc1)c1ccccc1)P(c1ccccc1)c1ccccc1.CCCN(P(c1ccccc1)c1ccccc1)P(c1ccccc1)c1ccccc1.CCCN(P(c1ccccc1)c1ccccc1)P(c1ccccc1)c1ccccc1.F[B-](F)(F)F.[C-]#Cc1ccc(-c2ccccc2)cc1.[C-]#Cc1ccc(-c2ccccc2)cc1.[Cu+].[Cu+].[Cu+]. The van der Waals surface area contributed by atoms with Gasteiger partial charge in [-0.15, -0.1) is 35.4 Å². The molecule has 0 aliphatic heterocycles. The van der Waals surface area contributed by atoms with E-state index in [1.54, 1.807) is 0 Å². The molecule has 0 aromatic heterocycles. The van der Waals surface area contributed by atoms with Crippen LogP contribution < -0.4 is 63.7 Å². The van der Waals surface area contributed by atoms with E-state index in [9.17, 15) is 17.3 Å². The smallest absolute Gasteiger partial charge is 0.418 e. The Morgan fingerprint density at radius 3 is 0.421 bits per heavy atom. The minimum atomic E-state index is -6.00. The molecule has 126 heavy (non-hydrogen) atoms. The molecule has 0 fully saturated rings. The molecule has 16 aromatic rings. The van der Waals surface area contributed by atoms with Crippen molar-refractivity contribution in [2.24, 2.45) is 0 Å². The van der Waals surface area contributed by atoms with Crippen LogP contribution in [0.4, 0.5) is 17.3 Å². The van der Waals surface area contributed by atoms with E-state index in [1.807, 2.05) is 84.9 Å². The van der Waals surface area contributed by atoms with Gasteiger partial charge in [-0.2, -0.15) is 0 Å². The summed E-state index contributed by atoms with van der Waals surface area (Å²) in [5, 5.41) is 16.9. The summed E-state index contributed by atoms with van der Waals surface area (Å²) in [6.45, 7) is 10.1. The summed E-state index contributed by atoms with van der Waals surface area (Å²) in [5.41, 5.74) is 6.36. The molecule has 16 rings (SSSR count). The van der Waals surface area contributed by atoms with Crippen LogP contribution in [0, 0.1) is 24.7 Å². The maximum absolute atomic E-state index is 9.75. The van der Waals surface area contributed by atoms with Crippen molar-refractivity contribution in [1.82, 2.24) is 13.3 Å². The van der Waals surface area contributed by atoms with Gasteiger partial charge in [-0.25, -0.2) is 13.3 Å². The van der Waals surface area contributed by atoms with Crippen LogP contribution in [-0.2, 0) is 51.2 Å². The maximum atomic E-state index is 9.75. The van der Waals surface area contributed by atoms with Crippen molar-refractivity contribution in [3.8, 4) is 34.1 Å². The number of nitrogens with zero attached hydrogens (tertiary/aromatic N) is 3. The van der Waals surface area contributed by atoms with Gasteiger partial charge in [-0.1, -0.05) is 470 Å². The van der Waals surface area contributed by atoms with E-state index in [2.05, 4.69) is 434 Å². The van der Waals surface area contributed by atoms with Crippen molar-refractivity contribution < 1.29 is 68.5 Å². The number of benzene rings is 16. The molecule has 0 N–H and O–H groups in total. The van der Waals surface area contributed by atoms with E-state index < -0.39 is 55.7 Å². The first-order valence-electron chi connectivity index (χ1n) is 41.2. The normalized spacial score (nSPS) is 10.7. The molecule has 0 amide bonds. The zero-order valence-electron chi connectivity index (χ0n) is 70.3. The van der Waals surface area contributed by atoms with Gasteiger partial charge in [-0.3, -0.25) is 11.8 Å². The Kier molecular flexibility index (Phi) is 45.7. The second-order valence-corrected chi connectivity index (χ2v) is 41.6. The zero-order chi connectivity index (χ0) is 85.9. The van der Waals surface area contributed by atoms with E-state index in [1.165, 1.54) is 85.9 Å². The van der Waals surface area contributed by atoms with Gasteiger partial charge in [0.1, 0.15) is 0 Å². The van der Waals surface area contributed by atoms with Crippen LogP contribution in [0.3, 0.4) is 0 Å². The molecule has 0 bridgehead atoms. The first-order valence-corrected chi connectivity index (χ1v) is 49.0. The van der Waals surface area contributed by atoms with Crippen molar-refractivity contribution in [2.75, 3.05) is 19.6 Å². The third-order valence-electron chi connectivity index (χ3n) is 18.9. The molecule has 16 aromatic carbocycles. The molecule has 0 saturated carbocycles. The molecule has 0 spiro atoms. The Labute approximate surface area is 785 Å². The molecule has 0 unspecified atom stereocenters. The van der Waals surface area contributed by atoms with Crippen molar-refractivity contribution >= 4 is 119 Å². The van der Waals surface area contributed by atoms with E-state index in [4.69, 9.17) is 12.8 Å². The second-order valence-electron chi connectivity index (χ2n) is 27.8. The summed E-state index contributed by atoms with van der Waals surface area (Å²) in [4.78, 5) is 0. The van der Waals surface area contributed by atoms with Crippen molar-refractivity contribution in [2.45, 2.75) is 40.0 Å². The summed E-state index contributed by atoms with van der Waals surface area (Å²) in [7, 11) is -9.87. The minimum absolute atomic E-state index is 0. The van der Waals surface area contributed by atoms with Crippen LogP contribution in [0.2, 0.25) is 0 Å². The predicted molar refractivity (Wildman–Crippen MR) is 532 cm³/mol. The van der Waals surface area contributed by atoms with Crippen LogP contribution in [0.1, 0.15) is 51.2 Å². The van der Waals surface area contributed by atoms with Gasteiger partial charge in [-0.05, 0) is 105 Å².